The molecule has 0 amide bonds. The van der Waals surface area contributed by atoms with Crippen molar-refractivity contribution in [1.82, 2.24) is 5.32 Å². The van der Waals surface area contributed by atoms with Crippen LogP contribution in [0.1, 0.15) is 18.9 Å². The molecule has 0 heterocycles. The van der Waals surface area contributed by atoms with Gasteiger partial charge in [0.1, 0.15) is 5.82 Å². The SMILES string of the molecule is CNCCC(C)Cc1cc(Br)ccc1F. The van der Waals surface area contributed by atoms with Crippen molar-refractivity contribution in [3.05, 3.63) is 34.1 Å². The standard InChI is InChI=1S/C12H17BrFN/c1-9(5-6-15-2)7-10-8-11(13)3-4-12(10)14/h3-4,8-9,15H,5-7H2,1-2H3. The molecule has 1 atom stereocenters. The Morgan fingerprint density at radius 3 is 2.87 bits per heavy atom. The van der Waals surface area contributed by atoms with Crippen LogP contribution in [-0.2, 0) is 6.42 Å². The second-order valence-electron chi connectivity index (χ2n) is 3.94. The lowest BCUT2D eigenvalue weighted by Crippen LogP contribution is -2.13. The molecular weight excluding hydrogens is 257 g/mol. The van der Waals surface area contributed by atoms with Crippen LogP contribution in [0.2, 0.25) is 0 Å². The molecule has 0 radical (unpaired) electrons. The maximum absolute atomic E-state index is 13.4. The first-order valence-electron chi connectivity index (χ1n) is 5.22. The Hall–Kier alpha value is -0.410. The van der Waals surface area contributed by atoms with E-state index in [-0.39, 0.29) is 5.82 Å². The summed E-state index contributed by atoms with van der Waals surface area (Å²) in [6, 6.07) is 5.12. The van der Waals surface area contributed by atoms with Crippen LogP contribution in [0.3, 0.4) is 0 Å². The summed E-state index contributed by atoms with van der Waals surface area (Å²) in [5.74, 6) is 0.399. The monoisotopic (exact) mass is 273 g/mol. The molecule has 1 nitrogen and oxygen atoms in total. The van der Waals surface area contributed by atoms with Gasteiger partial charge in [0.15, 0.2) is 0 Å². The Kier molecular flexibility index (Phi) is 5.26. The predicted molar refractivity (Wildman–Crippen MR) is 65.5 cm³/mol. The van der Waals surface area contributed by atoms with Crippen LogP contribution in [0.4, 0.5) is 4.39 Å². The molecule has 0 aliphatic heterocycles. The molecule has 1 aromatic rings. The van der Waals surface area contributed by atoms with E-state index in [1.54, 1.807) is 6.07 Å². The maximum atomic E-state index is 13.4. The van der Waals surface area contributed by atoms with Crippen LogP contribution >= 0.6 is 15.9 Å². The molecule has 0 saturated heterocycles. The first kappa shape index (κ1) is 12.7. The maximum Gasteiger partial charge on any atom is 0.126 e. The van der Waals surface area contributed by atoms with E-state index in [0.717, 1.165) is 29.4 Å². The number of hydrogen-bond donors (Lipinski definition) is 1. The van der Waals surface area contributed by atoms with Crippen LogP contribution in [0.15, 0.2) is 22.7 Å². The van der Waals surface area contributed by atoms with Gasteiger partial charge in [-0.2, -0.15) is 0 Å². The minimum Gasteiger partial charge on any atom is -0.320 e. The Morgan fingerprint density at radius 2 is 2.20 bits per heavy atom. The summed E-state index contributed by atoms with van der Waals surface area (Å²) in [5, 5.41) is 3.11. The third-order valence-electron chi connectivity index (χ3n) is 2.46. The lowest BCUT2D eigenvalue weighted by atomic mass is 9.98. The summed E-state index contributed by atoms with van der Waals surface area (Å²) in [6.45, 7) is 3.13. The Morgan fingerprint density at radius 1 is 1.47 bits per heavy atom. The summed E-state index contributed by atoms with van der Waals surface area (Å²) in [7, 11) is 1.94. The number of halogens is 2. The van der Waals surface area contributed by atoms with Gasteiger partial charge in [-0.3, -0.25) is 0 Å². The molecule has 1 rings (SSSR count). The fraction of sp³-hybridized carbons (Fsp3) is 0.500. The number of hydrogen-bond acceptors (Lipinski definition) is 1. The first-order chi connectivity index (χ1) is 7.13. The van der Waals surface area contributed by atoms with Gasteiger partial charge in [-0.1, -0.05) is 22.9 Å². The van der Waals surface area contributed by atoms with Crippen molar-refractivity contribution in [2.24, 2.45) is 5.92 Å². The highest BCUT2D eigenvalue weighted by Gasteiger charge is 2.08. The molecule has 15 heavy (non-hydrogen) atoms. The second-order valence-corrected chi connectivity index (χ2v) is 4.85. The fourth-order valence-electron chi connectivity index (χ4n) is 1.57. The minimum atomic E-state index is -0.102. The van der Waals surface area contributed by atoms with E-state index >= 15 is 0 Å². The number of rotatable bonds is 5. The van der Waals surface area contributed by atoms with Crippen LogP contribution in [-0.4, -0.2) is 13.6 Å². The highest BCUT2D eigenvalue weighted by Crippen LogP contribution is 2.19. The summed E-state index contributed by atoms with van der Waals surface area (Å²) in [4.78, 5) is 0. The van der Waals surface area contributed by atoms with Crippen molar-refractivity contribution in [3.8, 4) is 0 Å². The van der Waals surface area contributed by atoms with Gasteiger partial charge in [-0.05, 0) is 56.1 Å². The highest BCUT2D eigenvalue weighted by molar-refractivity contribution is 9.10. The summed E-state index contributed by atoms with van der Waals surface area (Å²) in [6.07, 6.45) is 1.87. The average molecular weight is 274 g/mol. The second kappa shape index (κ2) is 6.23. The molecule has 0 aromatic heterocycles. The molecular formula is C12H17BrFN. The van der Waals surface area contributed by atoms with Crippen LogP contribution in [0.5, 0.6) is 0 Å². The third kappa shape index (κ3) is 4.31. The lowest BCUT2D eigenvalue weighted by Gasteiger charge is -2.11. The van der Waals surface area contributed by atoms with E-state index in [1.807, 2.05) is 13.1 Å². The van der Waals surface area contributed by atoms with Crippen molar-refractivity contribution in [2.75, 3.05) is 13.6 Å². The van der Waals surface area contributed by atoms with Gasteiger partial charge in [-0.25, -0.2) is 4.39 Å². The lowest BCUT2D eigenvalue weighted by molar-refractivity contribution is 0.499. The molecule has 0 spiro atoms. The molecule has 0 fully saturated rings. The summed E-state index contributed by atoms with van der Waals surface area (Å²) >= 11 is 3.36. The van der Waals surface area contributed by atoms with Gasteiger partial charge in [0.05, 0.1) is 0 Å². The van der Waals surface area contributed by atoms with E-state index in [9.17, 15) is 4.39 Å². The molecule has 0 bridgehead atoms. The molecule has 0 aliphatic rings. The van der Waals surface area contributed by atoms with Gasteiger partial charge in [0, 0.05) is 4.47 Å². The fourth-order valence-corrected chi connectivity index (χ4v) is 1.98. The highest BCUT2D eigenvalue weighted by atomic mass is 79.9. The Bertz CT molecular complexity index is 314. The van der Waals surface area contributed by atoms with E-state index in [0.29, 0.717) is 5.92 Å². The zero-order valence-electron chi connectivity index (χ0n) is 9.19. The van der Waals surface area contributed by atoms with Crippen LogP contribution in [0.25, 0.3) is 0 Å². The van der Waals surface area contributed by atoms with E-state index < -0.39 is 0 Å². The van der Waals surface area contributed by atoms with Gasteiger partial charge in [0.2, 0.25) is 0 Å². The molecule has 0 aliphatic carbocycles. The van der Waals surface area contributed by atoms with E-state index in [4.69, 9.17) is 0 Å². The summed E-state index contributed by atoms with van der Waals surface area (Å²) < 4.78 is 14.4. The van der Waals surface area contributed by atoms with Gasteiger partial charge in [-0.15, -0.1) is 0 Å². The average Bonchev–Trinajstić information content (AvgIpc) is 2.20. The number of benzene rings is 1. The Balaban J connectivity index is 2.59. The molecule has 1 N–H and O–H groups in total. The third-order valence-corrected chi connectivity index (χ3v) is 2.96. The van der Waals surface area contributed by atoms with Gasteiger partial charge >= 0.3 is 0 Å². The zero-order chi connectivity index (χ0) is 11.3. The number of nitrogens with one attached hydrogen (secondary N) is 1. The van der Waals surface area contributed by atoms with Crippen molar-refractivity contribution >= 4 is 15.9 Å². The first-order valence-corrected chi connectivity index (χ1v) is 6.01. The molecule has 84 valence electrons. The van der Waals surface area contributed by atoms with E-state index in [1.165, 1.54) is 6.07 Å². The quantitative estimate of drug-likeness (QED) is 0.868. The topological polar surface area (TPSA) is 12.0 Å². The molecule has 0 saturated carbocycles. The molecule has 1 aromatic carbocycles. The van der Waals surface area contributed by atoms with Crippen molar-refractivity contribution in [1.29, 1.82) is 0 Å². The van der Waals surface area contributed by atoms with Crippen molar-refractivity contribution in [2.45, 2.75) is 19.8 Å². The zero-order valence-corrected chi connectivity index (χ0v) is 10.8. The van der Waals surface area contributed by atoms with Gasteiger partial charge in [0.25, 0.3) is 0 Å². The van der Waals surface area contributed by atoms with Crippen LogP contribution in [0, 0.1) is 11.7 Å². The predicted octanol–water partition coefficient (Wildman–Crippen LogP) is 3.38. The normalized spacial score (nSPS) is 12.8. The Labute approximate surface area is 99.2 Å². The van der Waals surface area contributed by atoms with Gasteiger partial charge < -0.3 is 5.32 Å². The largest absolute Gasteiger partial charge is 0.320 e. The van der Waals surface area contributed by atoms with E-state index in [2.05, 4.69) is 28.2 Å². The molecule has 3 heteroatoms. The minimum absolute atomic E-state index is 0.102. The smallest absolute Gasteiger partial charge is 0.126 e. The van der Waals surface area contributed by atoms with Crippen LogP contribution < -0.4 is 5.32 Å². The molecule has 1 unspecified atom stereocenters. The summed E-state index contributed by atoms with van der Waals surface area (Å²) in [5.41, 5.74) is 0.799. The van der Waals surface area contributed by atoms with Crippen molar-refractivity contribution in [3.63, 3.8) is 0 Å². The van der Waals surface area contributed by atoms with Crippen molar-refractivity contribution < 1.29 is 4.39 Å².